The average Bonchev–Trinajstić information content (AvgIpc) is 2.79. The topological polar surface area (TPSA) is 37.3 Å². The van der Waals surface area contributed by atoms with Gasteiger partial charge in [-0.2, -0.15) is 0 Å². The molecule has 3 heteroatoms. The molecule has 31 heavy (non-hydrogen) atoms. The van der Waals surface area contributed by atoms with Gasteiger partial charge in [-0.1, -0.05) is 84.9 Å². The fourth-order valence-corrected chi connectivity index (χ4v) is 3.57. The summed E-state index contributed by atoms with van der Waals surface area (Å²) in [5.41, 5.74) is 5.91. The van der Waals surface area contributed by atoms with Gasteiger partial charge in [-0.05, 0) is 64.1 Å². The normalized spacial score (nSPS) is 11.0. The first-order chi connectivity index (χ1) is 15.1. The fourth-order valence-electron chi connectivity index (χ4n) is 3.57. The number of hydrogen-bond donors (Lipinski definition) is 1. The van der Waals surface area contributed by atoms with Gasteiger partial charge in [0, 0.05) is 0 Å². The third-order valence-corrected chi connectivity index (χ3v) is 5.19. The highest BCUT2D eigenvalue weighted by Crippen LogP contribution is 2.25. The van der Waals surface area contributed by atoms with Crippen molar-refractivity contribution < 1.29 is 14.3 Å². The zero-order valence-electron chi connectivity index (χ0n) is 16.8. The molecule has 0 aliphatic carbocycles. The van der Waals surface area contributed by atoms with Crippen LogP contribution in [-0.2, 0) is 6.42 Å². The molecule has 0 fully saturated rings. The van der Waals surface area contributed by atoms with Crippen LogP contribution in [0.15, 0.2) is 97.1 Å². The van der Waals surface area contributed by atoms with Gasteiger partial charge in [-0.15, -0.1) is 0 Å². The molecule has 4 aromatic rings. The van der Waals surface area contributed by atoms with Crippen LogP contribution in [0.25, 0.3) is 23.3 Å². The van der Waals surface area contributed by atoms with Gasteiger partial charge in [0.2, 0.25) is 0 Å². The Morgan fingerprint density at radius 1 is 0.742 bits per heavy atom. The fraction of sp³-hybridized carbons (Fsp3) is 0.0357. The molecule has 4 rings (SSSR count). The van der Waals surface area contributed by atoms with Crippen LogP contribution in [-0.4, -0.2) is 11.1 Å². The summed E-state index contributed by atoms with van der Waals surface area (Å²) < 4.78 is 13.3. The molecular weight excluding hydrogens is 387 g/mol. The molecule has 1 N–H and O–H groups in total. The maximum atomic E-state index is 13.3. The lowest BCUT2D eigenvalue weighted by Crippen LogP contribution is -1.99. The average molecular weight is 408 g/mol. The van der Waals surface area contributed by atoms with Gasteiger partial charge in [0.05, 0.1) is 5.56 Å². The molecule has 0 saturated carbocycles. The second-order valence-corrected chi connectivity index (χ2v) is 7.31. The first kappa shape index (κ1) is 20.3. The van der Waals surface area contributed by atoms with Crippen LogP contribution in [0.2, 0.25) is 0 Å². The van der Waals surface area contributed by atoms with Crippen molar-refractivity contribution in [3.05, 3.63) is 131 Å². The number of carboxylic acids is 1. The number of halogens is 1. The SMILES string of the molecule is O=C(O)c1ccc(-c2ccc(F)cc2)cc1C=Cc1ccccc1Cc1ccccc1. The summed E-state index contributed by atoms with van der Waals surface area (Å²) in [6.45, 7) is 0. The Balaban J connectivity index is 1.69. The molecule has 0 bridgehead atoms. The number of aromatic carboxylic acids is 1. The van der Waals surface area contributed by atoms with E-state index in [9.17, 15) is 14.3 Å². The molecule has 0 aliphatic rings. The minimum absolute atomic E-state index is 0.225. The van der Waals surface area contributed by atoms with E-state index in [1.54, 1.807) is 24.3 Å². The molecule has 0 spiro atoms. The third kappa shape index (κ3) is 4.96. The highest BCUT2D eigenvalue weighted by Gasteiger charge is 2.10. The van der Waals surface area contributed by atoms with Gasteiger partial charge in [0.1, 0.15) is 5.82 Å². The lowest BCUT2D eigenvalue weighted by Gasteiger charge is -2.08. The third-order valence-electron chi connectivity index (χ3n) is 5.19. The van der Waals surface area contributed by atoms with E-state index in [4.69, 9.17) is 0 Å². The lowest BCUT2D eigenvalue weighted by atomic mass is 9.96. The molecule has 0 aliphatic heterocycles. The van der Waals surface area contributed by atoms with Gasteiger partial charge in [0.25, 0.3) is 0 Å². The minimum Gasteiger partial charge on any atom is -0.478 e. The van der Waals surface area contributed by atoms with Crippen molar-refractivity contribution in [1.29, 1.82) is 0 Å². The molecule has 0 atom stereocenters. The number of carbonyl (C=O) groups is 1. The van der Waals surface area contributed by atoms with Gasteiger partial charge in [-0.3, -0.25) is 0 Å². The van der Waals surface area contributed by atoms with Crippen LogP contribution in [0.5, 0.6) is 0 Å². The first-order valence-electron chi connectivity index (χ1n) is 10.0. The van der Waals surface area contributed by atoms with Crippen molar-refractivity contribution in [1.82, 2.24) is 0 Å². The number of hydrogen-bond acceptors (Lipinski definition) is 1. The summed E-state index contributed by atoms with van der Waals surface area (Å²) in [4.78, 5) is 11.8. The van der Waals surface area contributed by atoms with Gasteiger partial charge < -0.3 is 5.11 Å². The van der Waals surface area contributed by atoms with Crippen LogP contribution in [0.4, 0.5) is 4.39 Å². The summed E-state index contributed by atoms with van der Waals surface area (Å²) in [6, 6.07) is 29.7. The van der Waals surface area contributed by atoms with Crippen LogP contribution in [0, 0.1) is 5.82 Å². The molecule has 0 radical (unpaired) electrons. The summed E-state index contributed by atoms with van der Waals surface area (Å²) in [5, 5.41) is 9.63. The van der Waals surface area contributed by atoms with Crippen molar-refractivity contribution in [2.45, 2.75) is 6.42 Å². The number of benzene rings is 4. The predicted molar refractivity (Wildman–Crippen MR) is 123 cm³/mol. The Kier molecular flexibility index (Phi) is 6.04. The second kappa shape index (κ2) is 9.23. The van der Waals surface area contributed by atoms with E-state index < -0.39 is 5.97 Å². The summed E-state index contributed by atoms with van der Waals surface area (Å²) in [6.07, 6.45) is 4.58. The van der Waals surface area contributed by atoms with Crippen LogP contribution >= 0.6 is 0 Å². The second-order valence-electron chi connectivity index (χ2n) is 7.31. The summed E-state index contributed by atoms with van der Waals surface area (Å²) in [5.74, 6) is -1.29. The van der Waals surface area contributed by atoms with Crippen molar-refractivity contribution in [3.63, 3.8) is 0 Å². The maximum Gasteiger partial charge on any atom is 0.336 e. The molecular formula is C28H21FO2. The Morgan fingerprint density at radius 3 is 2.13 bits per heavy atom. The smallest absolute Gasteiger partial charge is 0.336 e. The van der Waals surface area contributed by atoms with Crippen LogP contribution in [0.3, 0.4) is 0 Å². The largest absolute Gasteiger partial charge is 0.478 e. The van der Waals surface area contributed by atoms with E-state index in [0.717, 1.165) is 28.7 Å². The Hall–Kier alpha value is -3.98. The van der Waals surface area contributed by atoms with Crippen molar-refractivity contribution >= 4 is 18.1 Å². The lowest BCUT2D eigenvalue weighted by molar-refractivity contribution is 0.0696. The van der Waals surface area contributed by atoms with E-state index in [2.05, 4.69) is 18.2 Å². The van der Waals surface area contributed by atoms with Crippen molar-refractivity contribution in [2.24, 2.45) is 0 Å². The van der Waals surface area contributed by atoms with Gasteiger partial charge >= 0.3 is 5.97 Å². The van der Waals surface area contributed by atoms with Gasteiger partial charge in [-0.25, -0.2) is 9.18 Å². The summed E-state index contributed by atoms with van der Waals surface area (Å²) in [7, 11) is 0. The van der Waals surface area contributed by atoms with E-state index >= 15 is 0 Å². The number of carboxylic acid groups (broad SMARTS) is 1. The van der Waals surface area contributed by atoms with Crippen LogP contribution in [0.1, 0.15) is 32.6 Å². The molecule has 0 amide bonds. The zero-order chi connectivity index (χ0) is 21.6. The molecule has 0 aromatic heterocycles. The summed E-state index contributed by atoms with van der Waals surface area (Å²) >= 11 is 0. The van der Waals surface area contributed by atoms with Crippen molar-refractivity contribution in [2.75, 3.05) is 0 Å². The molecule has 0 saturated heterocycles. The highest BCUT2D eigenvalue weighted by atomic mass is 19.1. The van der Waals surface area contributed by atoms with Gasteiger partial charge in [0.15, 0.2) is 0 Å². The monoisotopic (exact) mass is 408 g/mol. The number of rotatable bonds is 6. The quantitative estimate of drug-likeness (QED) is 0.350. The molecule has 152 valence electrons. The Bertz CT molecular complexity index is 1230. The highest BCUT2D eigenvalue weighted by molar-refractivity contribution is 5.94. The zero-order valence-corrected chi connectivity index (χ0v) is 16.8. The van der Waals surface area contributed by atoms with Crippen molar-refractivity contribution in [3.8, 4) is 11.1 Å². The molecule has 4 aromatic carbocycles. The first-order valence-corrected chi connectivity index (χ1v) is 10.0. The van der Waals surface area contributed by atoms with E-state index in [-0.39, 0.29) is 11.4 Å². The predicted octanol–water partition coefficient (Wildman–Crippen LogP) is 6.95. The Morgan fingerprint density at radius 2 is 1.39 bits per heavy atom. The Labute approximate surface area is 180 Å². The standard InChI is InChI=1S/C28H21FO2/c29-26-15-12-22(13-16-26)24-14-17-27(28(30)31)25(19-24)11-10-21-8-4-5-9-23(21)18-20-6-2-1-3-7-20/h1-17,19H,18H2,(H,30,31). The van der Waals surface area contributed by atoms with E-state index in [1.807, 2.05) is 54.6 Å². The maximum absolute atomic E-state index is 13.3. The van der Waals surface area contributed by atoms with E-state index in [1.165, 1.54) is 17.7 Å². The molecule has 0 unspecified atom stereocenters. The van der Waals surface area contributed by atoms with Crippen LogP contribution < -0.4 is 0 Å². The molecule has 2 nitrogen and oxygen atoms in total. The molecule has 0 heterocycles. The minimum atomic E-state index is -0.983. The van der Waals surface area contributed by atoms with E-state index in [0.29, 0.717) is 5.56 Å².